The molecule has 0 saturated carbocycles. The van der Waals surface area contributed by atoms with E-state index < -0.39 is 15.1 Å². The summed E-state index contributed by atoms with van der Waals surface area (Å²) in [4.78, 5) is 19.2. The van der Waals surface area contributed by atoms with Gasteiger partial charge < -0.3 is 4.90 Å². The zero-order chi connectivity index (χ0) is 23.6. The van der Waals surface area contributed by atoms with Crippen LogP contribution in [0.5, 0.6) is 0 Å². The molecule has 3 heterocycles. The number of thioether (sulfide) groups is 1. The number of carbonyl (C=O) groups is 1. The Morgan fingerprint density at radius 1 is 1.24 bits per heavy atom. The quantitative estimate of drug-likeness (QED) is 0.474. The maximum atomic E-state index is 13.3. The Kier molecular flexibility index (Phi) is 6.85. The average molecular weight is 486 g/mol. The minimum absolute atomic E-state index is 0.0362. The van der Waals surface area contributed by atoms with E-state index in [0.29, 0.717) is 23.9 Å². The van der Waals surface area contributed by atoms with Crippen molar-refractivity contribution in [1.29, 1.82) is 0 Å². The highest BCUT2D eigenvalue weighted by Crippen LogP contribution is 2.32. The summed E-state index contributed by atoms with van der Waals surface area (Å²) in [5.41, 5.74) is 2.80. The fourth-order valence-corrected chi connectivity index (χ4v) is 6.78. The molecule has 10 heteroatoms. The Hall–Kier alpha value is -2.72. The molecule has 1 saturated heterocycles. The summed E-state index contributed by atoms with van der Waals surface area (Å²) in [6.45, 7) is 6.20. The molecule has 1 aliphatic heterocycles. The minimum Gasteiger partial charge on any atom is -0.338 e. The third kappa shape index (κ3) is 4.96. The third-order valence-electron chi connectivity index (χ3n) is 5.81. The summed E-state index contributed by atoms with van der Waals surface area (Å²) < 4.78 is 25.8. The van der Waals surface area contributed by atoms with Crippen LogP contribution in [-0.4, -0.2) is 68.3 Å². The number of nitrogens with zero attached hydrogens (tertiary/aromatic N) is 5. The molecule has 0 bridgehead atoms. The molecule has 8 nitrogen and oxygen atoms in total. The van der Waals surface area contributed by atoms with E-state index in [9.17, 15) is 13.2 Å². The second kappa shape index (κ2) is 9.64. The first kappa shape index (κ1) is 23.4. The first-order valence-electron chi connectivity index (χ1n) is 10.9. The van der Waals surface area contributed by atoms with E-state index in [4.69, 9.17) is 0 Å². The third-order valence-corrected chi connectivity index (χ3v) is 8.59. The summed E-state index contributed by atoms with van der Waals surface area (Å²) in [7, 11) is -3.08. The second-order valence-electron chi connectivity index (χ2n) is 8.11. The number of rotatable bonds is 7. The Morgan fingerprint density at radius 3 is 2.67 bits per heavy atom. The van der Waals surface area contributed by atoms with Crippen LogP contribution < -0.4 is 0 Å². The Labute approximate surface area is 198 Å². The van der Waals surface area contributed by atoms with Crippen molar-refractivity contribution in [2.75, 3.05) is 18.1 Å². The number of hydrogen-bond acceptors (Lipinski definition) is 7. The zero-order valence-electron chi connectivity index (χ0n) is 18.9. The molecule has 2 aromatic heterocycles. The lowest BCUT2D eigenvalue weighted by Crippen LogP contribution is -2.44. The summed E-state index contributed by atoms with van der Waals surface area (Å²) >= 11 is 1.33. The van der Waals surface area contributed by atoms with E-state index in [0.717, 1.165) is 16.8 Å². The lowest BCUT2D eigenvalue weighted by molar-refractivity contribution is -0.131. The van der Waals surface area contributed by atoms with Gasteiger partial charge in [0.05, 0.1) is 22.4 Å². The topological polar surface area (TPSA) is 98.1 Å². The van der Waals surface area contributed by atoms with E-state index in [1.165, 1.54) is 11.8 Å². The van der Waals surface area contributed by atoms with Crippen LogP contribution in [0.15, 0.2) is 53.9 Å². The smallest absolute Gasteiger partial charge is 0.236 e. The number of para-hydroxylation sites is 1. The van der Waals surface area contributed by atoms with Crippen LogP contribution in [0, 0.1) is 6.92 Å². The van der Waals surface area contributed by atoms with Crippen LogP contribution in [0.2, 0.25) is 0 Å². The number of sulfone groups is 1. The minimum atomic E-state index is -3.08. The van der Waals surface area contributed by atoms with Crippen molar-refractivity contribution in [1.82, 2.24) is 24.6 Å². The molecule has 1 amide bonds. The van der Waals surface area contributed by atoms with Crippen LogP contribution >= 0.6 is 11.8 Å². The molecule has 0 N–H and O–H groups in total. The molecule has 0 unspecified atom stereocenters. The number of benzene rings is 1. The Morgan fingerprint density at radius 2 is 2.03 bits per heavy atom. The van der Waals surface area contributed by atoms with Gasteiger partial charge in [0, 0.05) is 30.5 Å². The molecule has 2 atom stereocenters. The molecule has 3 aromatic rings. The molecule has 4 rings (SSSR count). The fourth-order valence-electron chi connectivity index (χ4n) is 4.12. The molecule has 0 aliphatic carbocycles. The van der Waals surface area contributed by atoms with E-state index in [1.807, 2.05) is 61.7 Å². The van der Waals surface area contributed by atoms with Crippen LogP contribution in [0.1, 0.15) is 25.8 Å². The summed E-state index contributed by atoms with van der Waals surface area (Å²) in [5.74, 6) is 0.730. The van der Waals surface area contributed by atoms with Crippen molar-refractivity contribution in [3.05, 3.63) is 54.4 Å². The summed E-state index contributed by atoms with van der Waals surface area (Å²) in [6.07, 6.45) is 3.93. The molecular weight excluding hydrogens is 458 g/mol. The lowest BCUT2D eigenvalue weighted by Gasteiger charge is -2.29. The maximum Gasteiger partial charge on any atom is 0.236 e. The number of aryl methyl sites for hydroxylation is 1. The van der Waals surface area contributed by atoms with Crippen molar-refractivity contribution >= 4 is 27.5 Å². The van der Waals surface area contributed by atoms with Gasteiger partial charge in [-0.15, -0.1) is 10.2 Å². The molecule has 1 fully saturated rings. The number of hydrogen-bond donors (Lipinski definition) is 0. The number of carbonyl (C=O) groups excluding carboxylic acids is 1. The van der Waals surface area contributed by atoms with Gasteiger partial charge in [-0.05, 0) is 51.0 Å². The van der Waals surface area contributed by atoms with Gasteiger partial charge in [0.25, 0.3) is 0 Å². The van der Waals surface area contributed by atoms with Crippen molar-refractivity contribution in [3.8, 4) is 17.1 Å². The van der Waals surface area contributed by atoms with Gasteiger partial charge in [-0.2, -0.15) is 0 Å². The fraction of sp³-hybridized carbons (Fsp3) is 0.391. The molecule has 33 heavy (non-hydrogen) atoms. The van der Waals surface area contributed by atoms with Crippen LogP contribution in [-0.2, 0) is 14.6 Å². The Balaban J connectivity index is 1.66. The van der Waals surface area contributed by atoms with E-state index in [1.54, 1.807) is 17.3 Å². The van der Waals surface area contributed by atoms with Crippen molar-refractivity contribution in [2.45, 2.75) is 43.6 Å². The van der Waals surface area contributed by atoms with Crippen molar-refractivity contribution < 1.29 is 13.2 Å². The molecule has 1 aromatic carbocycles. The van der Waals surface area contributed by atoms with Gasteiger partial charge in [-0.3, -0.25) is 14.3 Å². The van der Waals surface area contributed by atoms with Gasteiger partial charge in [-0.1, -0.05) is 30.0 Å². The highest BCUT2D eigenvalue weighted by Gasteiger charge is 2.36. The summed E-state index contributed by atoms with van der Waals surface area (Å²) in [6, 6.07) is 11.4. The second-order valence-corrected chi connectivity index (χ2v) is 11.6. The first-order chi connectivity index (χ1) is 15.8. The maximum absolute atomic E-state index is 13.3. The normalized spacial score (nSPS) is 18.2. The first-order valence-corrected chi connectivity index (χ1v) is 13.6. The average Bonchev–Trinajstić information content (AvgIpc) is 3.38. The van der Waals surface area contributed by atoms with Gasteiger partial charge >= 0.3 is 0 Å². The van der Waals surface area contributed by atoms with E-state index in [2.05, 4.69) is 15.2 Å². The van der Waals surface area contributed by atoms with E-state index >= 15 is 0 Å². The number of aromatic nitrogens is 4. The van der Waals surface area contributed by atoms with E-state index in [-0.39, 0.29) is 23.5 Å². The van der Waals surface area contributed by atoms with Gasteiger partial charge in [0.2, 0.25) is 5.91 Å². The predicted molar refractivity (Wildman–Crippen MR) is 129 cm³/mol. The lowest BCUT2D eigenvalue weighted by atomic mass is 10.2. The molecule has 174 valence electrons. The van der Waals surface area contributed by atoms with Crippen molar-refractivity contribution in [3.63, 3.8) is 0 Å². The standard InChI is InChI=1S/C23H27N5O3S2/c1-4-27(19-11-13-33(30,31)15-19)22(29)17(3)32-23-26-25-21(18-9-7-12-24-14-18)28(23)20-10-6-5-8-16(20)2/h5-10,12,14,17,19H,4,11,13,15H2,1-3H3/t17-,19+/m0/s1. The molecule has 0 spiro atoms. The molecule has 0 radical (unpaired) electrons. The van der Waals surface area contributed by atoms with Crippen LogP contribution in [0.25, 0.3) is 17.1 Å². The number of amides is 1. The number of pyridine rings is 1. The largest absolute Gasteiger partial charge is 0.338 e. The molecule has 1 aliphatic rings. The van der Waals surface area contributed by atoms with Crippen LogP contribution in [0.3, 0.4) is 0 Å². The molecular formula is C23H27N5O3S2. The van der Waals surface area contributed by atoms with Gasteiger partial charge in [0.1, 0.15) is 0 Å². The monoisotopic (exact) mass is 485 g/mol. The Bertz CT molecular complexity index is 1240. The van der Waals surface area contributed by atoms with Gasteiger partial charge in [0.15, 0.2) is 20.8 Å². The SMILES string of the molecule is CCN(C(=O)[C@H](C)Sc1nnc(-c2cccnc2)n1-c1ccccc1C)[C@@H]1CCS(=O)(=O)C1. The highest BCUT2D eigenvalue weighted by atomic mass is 32.2. The predicted octanol–water partition coefficient (Wildman–Crippen LogP) is 3.15. The van der Waals surface area contributed by atoms with Gasteiger partial charge in [-0.25, -0.2) is 8.42 Å². The summed E-state index contributed by atoms with van der Waals surface area (Å²) in [5, 5.41) is 8.99. The van der Waals surface area contributed by atoms with Crippen LogP contribution in [0.4, 0.5) is 0 Å². The van der Waals surface area contributed by atoms with Crippen molar-refractivity contribution in [2.24, 2.45) is 0 Å². The highest BCUT2D eigenvalue weighted by molar-refractivity contribution is 8.00. The zero-order valence-corrected chi connectivity index (χ0v) is 20.5.